The number of fused-ring (bicyclic) bond motifs is 1. The van der Waals surface area contributed by atoms with Crippen LogP contribution in [0.3, 0.4) is 0 Å². The number of piperidine rings is 1. The van der Waals surface area contributed by atoms with E-state index in [0.717, 1.165) is 37.2 Å². The Kier molecular flexibility index (Phi) is 8.21. The fraction of sp³-hybridized carbons (Fsp3) is 0.375. The molecule has 1 saturated heterocycles. The number of benzene rings is 1. The van der Waals surface area contributed by atoms with Crippen molar-refractivity contribution in [2.75, 3.05) is 31.6 Å². The van der Waals surface area contributed by atoms with Crippen molar-refractivity contribution in [1.29, 1.82) is 0 Å². The summed E-state index contributed by atoms with van der Waals surface area (Å²) in [5.74, 6) is 1.01. The third-order valence-corrected chi connectivity index (χ3v) is 5.48. The number of hydrogen-bond donors (Lipinski definition) is 1. The molecule has 1 aromatic heterocycles. The molecule has 0 spiro atoms. The lowest BCUT2D eigenvalue weighted by Crippen LogP contribution is -2.33. The first-order valence-corrected chi connectivity index (χ1v) is 11.0. The van der Waals surface area contributed by atoms with Crippen molar-refractivity contribution in [2.24, 2.45) is 0 Å². The Hall–Kier alpha value is -2.51. The average Bonchev–Trinajstić information content (AvgIpc) is 2.75. The summed E-state index contributed by atoms with van der Waals surface area (Å²) in [6, 6.07) is 6.97. The van der Waals surface area contributed by atoms with Crippen molar-refractivity contribution in [2.45, 2.75) is 32.4 Å². The third-order valence-electron chi connectivity index (χ3n) is 5.17. The summed E-state index contributed by atoms with van der Waals surface area (Å²) >= 11 is 6.33. The van der Waals surface area contributed by atoms with E-state index >= 15 is 0 Å². The number of allylic oxidation sites excluding steroid dienone is 4. The molecule has 2 heterocycles. The van der Waals surface area contributed by atoms with Gasteiger partial charge in [0.05, 0.1) is 16.1 Å². The molecule has 8 heteroatoms. The molecule has 0 unspecified atom stereocenters. The number of rotatable bonds is 8. The van der Waals surface area contributed by atoms with Crippen LogP contribution in [0.1, 0.15) is 26.2 Å². The maximum atomic E-state index is 13.1. The summed E-state index contributed by atoms with van der Waals surface area (Å²) < 4.78 is 45.3. The molecule has 2 aromatic rings. The van der Waals surface area contributed by atoms with Gasteiger partial charge in [-0.15, -0.1) is 0 Å². The normalized spacial score (nSPS) is 16.0. The zero-order valence-electron chi connectivity index (χ0n) is 18.0. The highest BCUT2D eigenvalue weighted by Crippen LogP contribution is 2.32. The summed E-state index contributed by atoms with van der Waals surface area (Å²) in [7, 11) is 0. The van der Waals surface area contributed by atoms with Crippen LogP contribution in [0.25, 0.3) is 10.9 Å². The van der Waals surface area contributed by atoms with Crippen LogP contribution >= 0.6 is 11.6 Å². The largest absolute Gasteiger partial charge is 0.492 e. The van der Waals surface area contributed by atoms with Gasteiger partial charge in [0.15, 0.2) is 0 Å². The van der Waals surface area contributed by atoms with Crippen molar-refractivity contribution in [3.8, 4) is 5.75 Å². The summed E-state index contributed by atoms with van der Waals surface area (Å²) in [5.41, 5.74) is -0.235. The number of nitrogens with zero attached hydrogens (tertiary/aromatic N) is 2. The monoisotopic (exact) mass is 465 g/mol. The van der Waals surface area contributed by atoms with Crippen LogP contribution in [0.15, 0.2) is 60.3 Å². The van der Waals surface area contributed by atoms with E-state index in [0.29, 0.717) is 28.7 Å². The topological polar surface area (TPSA) is 37.4 Å². The molecule has 1 N–H and O–H groups in total. The van der Waals surface area contributed by atoms with E-state index in [4.69, 9.17) is 16.3 Å². The van der Waals surface area contributed by atoms with Crippen molar-refractivity contribution >= 4 is 28.3 Å². The fourth-order valence-electron chi connectivity index (χ4n) is 3.61. The number of hydrogen-bond acceptors (Lipinski definition) is 4. The molecule has 1 aliphatic heterocycles. The quantitative estimate of drug-likeness (QED) is 0.438. The van der Waals surface area contributed by atoms with E-state index in [1.54, 1.807) is 18.2 Å². The van der Waals surface area contributed by atoms with Crippen molar-refractivity contribution in [3.05, 3.63) is 65.4 Å². The van der Waals surface area contributed by atoms with Crippen LogP contribution in [-0.4, -0.2) is 42.3 Å². The summed E-state index contributed by atoms with van der Waals surface area (Å²) in [4.78, 5) is 6.86. The minimum atomic E-state index is -4.47. The van der Waals surface area contributed by atoms with Crippen LogP contribution in [0, 0.1) is 0 Å². The maximum Gasteiger partial charge on any atom is 0.416 e. The summed E-state index contributed by atoms with van der Waals surface area (Å²) in [6.07, 6.45) is 2.52. The number of alkyl halides is 3. The smallest absolute Gasteiger partial charge is 0.416 e. The molecule has 0 saturated carbocycles. The first-order valence-electron chi connectivity index (χ1n) is 10.6. The molecule has 172 valence electrons. The molecule has 0 atom stereocenters. The molecule has 1 fully saturated rings. The maximum absolute atomic E-state index is 13.1. The van der Waals surface area contributed by atoms with Gasteiger partial charge in [-0.1, -0.05) is 36.8 Å². The molecule has 32 heavy (non-hydrogen) atoms. The van der Waals surface area contributed by atoms with Crippen LogP contribution in [-0.2, 0) is 0 Å². The second-order valence-electron chi connectivity index (χ2n) is 7.64. The standard InChI is InChI=1S/C24H27ClF3N3O/c1-3-7-18(24(26,27)28)16-17(2)29-22-11-8-19-21(10-9-20(25)23(19)30-22)32-15-14-31-12-5-4-6-13-31/h3,7-11,16H,2,4-6,12-15H2,1H3,(H,29,30)/b7-3-,18-16+. The Morgan fingerprint density at radius 1 is 1.22 bits per heavy atom. The van der Waals surface area contributed by atoms with Crippen LogP contribution in [0.2, 0.25) is 5.02 Å². The van der Waals surface area contributed by atoms with Crippen molar-refractivity contribution < 1.29 is 17.9 Å². The van der Waals surface area contributed by atoms with Gasteiger partial charge in [-0.2, -0.15) is 13.2 Å². The molecule has 3 rings (SSSR count). The molecule has 0 amide bonds. The first-order chi connectivity index (χ1) is 15.3. The van der Waals surface area contributed by atoms with Gasteiger partial charge in [-0.3, -0.25) is 4.90 Å². The number of likely N-dealkylation sites (tertiary alicyclic amines) is 1. The molecule has 4 nitrogen and oxygen atoms in total. The van der Waals surface area contributed by atoms with Crippen molar-refractivity contribution in [3.63, 3.8) is 0 Å². The second-order valence-corrected chi connectivity index (χ2v) is 8.04. The summed E-state index contributed by atoms with van der Waals surface area (Å²) in [5, 5.41) is 3.98. The Morgan fingerprint density at radius 2 is 1.97 bits per heavy atom. The van der Waals surface area contributed by atoms with Gasteiger partial charge in [0.1, 0.15) is 18.2 Å². The zero-order chi connectivity index (χ0) is 23.1. The van der Waals surface area contributed by atoms with Gasteiger partial charge in [0.25, 0.3) is 0 Å². The zero-order valence-corrected chi connectivity index (χ0v) is 18.8. The van der Waals surface area contributed by atoms with Gasteiger partial charge in [0.2, 0.25) is 0 Å². The molecule has 0 aliphatic carbocycles. The van der Waals surface area contributed by atoms with E-state index in [1.165, 1.54) is 32.3 Å². The molecular weight excluding hydrogens is 439 g/mol. The van der Waals surface area contributed by atoms with Crippen LogP contribution in [0.4, 0.5) is 19.0 Å². The summed E-state index contributed by atoms with van der Waals surface area (Å²) in [6.45, 7) is 8.81. The fourth-order valence-corrected chi connectivity index (χ4v) is 3.82. The van der Waals surface area contributed by atoms with Gasteiger partial charge in [0, 0.05) is 17.6 Å². The molecule has 1 aliphatic rings. The van der Waals surface area contributed by atoms with Crippen LogP contribution < -0.4 is 10.1 Å². The minimum Gasteiger partial charge on any atom is -0.492 e. The minimum absolute atomic E-state index is 0.0623. The van der Waals surface area contributed by atoms with Gasteiger partial charge < -0.3 is 10.1 Å². The Morgan fingerprint density at radius 3 is 2.66 bits per heavy atom. The van der Waals surface area contributed by atoms with Gasteiger partial charge in [-0.05, 0) is 63.2 Å². The highest BCUT2D eigenvalue weighted by molar-refractivity contribution is 6.35. The highest BCUT2D eigenvalue weighted by Gasteiger charge is 2.31. The Bertz CT molecular complexity index is 1010. The predicted octanol–water partition coefficient (Wildman–Crippen LogP) is 6.74. The number of ether oxygens (including phenoxy) is 1. The van der Waals surface area contributed by atoms with E-state index in [9.17, 15) is 13.2 Å². The molecule has 0 radical (unpaired) electrons. The first kappa shape index (κ1) is 24.1. The van der Waals surface area contributed by atoms with E-state index < -0.39 is 11.7 Å². The molecule has 1 aromatic carbocycles. The molecular formula is C24H27ClF3N3O. The number of anilines is 1. The Balaban J connectivity index is 1.73. The average molecular weight is 466 g/mol. The van der Waals surface area contributed by atoms with Crippen LogP contribution in [0.5, 0.6) is 5.75 Å². The predicted molar refractivity (Wildman–Crippen MR) is 124 cm³/mol. The lowest BCUT2D eigenvalue weighted by molar-refractivity contribution is -0.0882. The van der Waals surface area contributed by atoms with E-state index in [-0.39, 0.29) is 5.70 Å². The van der Waals surface area contributed by atoms with Crippen molar-refractivity contribution in [1.82, 2.24) is 9.88 Å². The highest BCUT2D eigenvalue weighted by atomic mass is 35.5. The third kappa shape index (κ3) is 6.50. The SMILES string of the molecule is C=C(/C=C(\C=C/C)C(F)(F)F)Nc1ccc2c(OCCN3CCCCC3)ccc(Cl)c2n1. The van der Waals surface area contributed by atoms with E-state index in [1.807, 2.05) is 6.07 Å². The second kappa shape index (κ2) is 10.9. The lowest BCUT2D eigenvalue weighted by Gasteiger charge is -2.26. The number of pyridine rings is 1. The number of halogens is 4. The lowest BCUT2D eigenvalue weighted by atomic mass is 10.1. The Labute approximate surface area is 191 Å². The number of nitrogens with one attached hydrogen (secondary N) is 1. The number of aromatic nitrogens is 1. The van der Waals surface area contributed by atoms with Gasteiger partial charge in [-0.25, -0.2) is 4.98 Å². The van der Waals surface area contributed by atoms with Gasteiger partial charge >= 0.3 is 6.18 Å². The molecule has 0 bridgehead atoms. The van der Waals surface area contributed by atoms with E-state index in [2.05, 4.69) is 21.8 Å².